The highest BCUT2D eigenvalue weighted by molar-refractivity contribution is 5.60. The van der Waals surface area contributed by atoms with Crippen LogP contribution in [-0.4, -0.2) is 41.5 Å². The molecular formula is C17H21N5O2. The van der Waals surface area contributed by atoms with Gasteiger partial charge in [0, 0.05) is 24.8 Å². The van der Waals surface area contributed by atoms with E-state index in [-0.39, 0.29) is 0 Å². The van der Waals surface area contributed by atoms with Crippen LogP contribution < -0.4 is 19.7 Å². The summed E-state index contributed by atoms with van der Waals surface area (Å²) >= 11 is 0. The Morgan fingerprint density at radius 2 is 2.08 bits per heavy atom. The van der Waals surface area contributed by atoms with Crippen molar-refractivity contribution < 1.29 is 9.47 Å². The van der Waals surface area contributed by atoms with Gasteiger partial charge in [0.2, 0.25) is 5.95 Å². The molecule has 7 nitrogen and oxygen atoms in total. The van der Waals surface area contributed by atoms with Gasteiger partial charge in [-0.3, -0.25) is 0 Å². The van der Waals surface area contributed by atoms with E-state index in [1.807, 2.05) is 18.2 Å². The lowest BCUT2D eigenvalue weighted by Crippen LogP contribution is -2.35. The lowest BCUT2D eigenvalue weighted by atomic mass is 10.0. The predicted molar refractivity (Wildman–Crippen MR) is 91.2 cm³/mol. The zero-order chi connectivity index (χ0) is 16.4. The number of nitrogens with zero attached hydrogens (tertiary/aromatic N) is 4. The maximum atomic E-state index is 5.60. The maximum Gasteiger partial charge on any atom is 0.249 e. The van der Waals surface area contributed by atoms with E-state index in [9.17, 15) is 0 Å². The van der Waals surface area contributed by atoms with Gasteiger partial charge in [-0.2, -0.15) is 10.1 Å². The summed E-state index contributed by atoms with van der Waals surface area (Å²) in [6.45, 7) is 5.46. The minimum absolute atomic E-state index is 0.488. The third-order valence-corrected chi connectivity index (χ3v) is 4.33. The summed E-state index contributed by atoms with van der Waals surface area (Å²) in [5.41, 5.74) is 0.852. The van der Waals surface area contributed by atoms with Gasteiger partial charge in [-0.05, 0) is 30.9 Å². The first-order valence-electron chi connectivity index (χ1n) is 8.39. The van der Waals surface area contributed by atoms with Crippen molar-refractivity contribution in [3.05, 3.63) is 24.4 Å². The first-order valence-corrected chi connectivity index (χ1v) is 8.39. The quantitative estimate of drug-likeness (QED) is 0.929. The van der Waals surface area contributed by atoms with Crippen LogP contribution >= 0.6 is 0 Å². The molecule has 1 aromatic heterocycles. The van der Waals surface area contributed by atoms with Crippen LogP contribution in [0.5, 0.6) is 11.5 Å². The molecule has 0 bridgehead atoms. The summed E-state index contributed by atoms with van der Waals surface area (Å²) in [7, 11) is 0. The SMILES string of the molecule is CC1CCCN(c2cnnc(Nc3ccc4c(c3)OCCO4)n2)C1. The predicted octanol–water partition coefficient (Wildman–Crippen LogP) is 2.62. The van der Waals surface area contributed by atoms with Crippen molar-refractivity contribution in [2.45, 2.75) is 19.8 Å². The lowest BCUT2D eigenvalue weighted by molar-refractivity contribution is 0.171. The van der Waals surface area contributed by atoms with Crippen LogP contribution in [0.15, 0.2) is 24.4 Å². The number of fused-ring (bicyclic) bond motifs is 1. The monoisotopic (exact) mass is 327 g/mol. The van der Waals surface area contributed by atoms with Gasteiger partial charge in [0.25, 0.3) is 0 Å². The Bertz CT molecular complexity index is 724. The summed E-state index contributed by atoms with van der Waals surface area (Å²) < 4.78 is 11.1. The first-order chi connectivity index (χ1) is 11.8. The van der Waals surface area contributed by atoms with E-state index in [2.05, 4.69) is 32.3 Å². The number of nitrogens with one attached hydrogen (secondary N) is 1. The maximum absolute atomic E-state index is 5.60. The van der Waals surface area contributed by atoms with Crippen LogP contribution in [0.1, 0.15) is 19.8 Å². The summed E-state index contributed by atoms with van der Waals surface area (Å²) in [5.74, 6) is 3.55. The summed E-state index contributed by atoms with van der Waals surface area (Å²) in [6, 6.07) is 5.71. The van der Waals surface area contributed by atoms with E-state index in [0.29, 0.717) is 25.1 Å². The van der Waals surface area contributed by atoms with Crippen molar-refractivity contribution in [2.75, 3.05) is 36.5 Å². The van der Waals surface area contributed by atoms with Crippen molar-refractivity contribution in [1.29, 1.82) is 0 Å². The largest absolute Gasteiger partial charge is 0.486 e. The third kappa shape index (κ3) is 3.20. The van der Waals surface area contributed by atoms with Gasteiger partial charge in [-0.15, -0.1) is 5.10 Å². The van der Waals surface area contributed by atoms with E-state index in [0.717, 1.165) is 36.1 Å². The number of rotatable bonds is 3. The Morgan fingerprint density at radius 1 is 1.21 bits per heavy atom. The Balaban J connectivity index is 1.51. The number of ether oxygens (including phenoxy) is 2. The number of hydrogen-bond donors (Lipinski definition) is 1. The molecular weight excluding hydrogens is 306 g/mol. The summed E-state index contributed by atoms with van der Waals surface area (Å²) in [6.07, 6.45) is 4.19. The second-order valence-electron chi connectivity index (χ2n) is 6.32. The number of anilines is 3. The van der Waals surface area contributed by atoms with Crippen LogP contribution in [0.2, 0.25) is 0 Å². The van der Waals surface area contributed by atoms with Crippen molar-refractivity contribution in [3.8, 4) is 11.5 Å². The lowest BCUT2D eigenvalue weighted by Gasteiger charge is -2.31. The fraction of sp³-hybridized carbons (Fsp3) is 0.471. The van der Waals surface area contributed by atoms with Crippen LogP contribution in [0.3, 0.4) is 0 Å². The molecule has 1 fully saturated rings. The molecule has 1 N–H and O–H groups in total. The van der Waals surface area contributed by atoms with Gasteiger partial charge in [-0.1, -0.05) is 6.92 Å². The van der Waals surface area contributed by atoms with Crippen LogP contribution in [0.4, 0.5) is 17.5 Å². The van der Waals surface area contributed by atoms with Gasteiger partial charge in [0.15, 0.2) is 17.3 Å². The summed E-state index contributed by atoms with van der Waals surface area (Å²) in [5, 5.41) is 11.4. The highest BCUT2D eigenvalue weighted by atomic mass is 16.6. The molecule has 0 spiro atoms. The molecule has 1 atom stereocenters. The molecule has 24 heavy (non-hydrogen) atoms. The molecule has 4 rings (SSSR count). The zero-order valence-electron chi connectivity index (χ0n) is 13.7. The molecule has 3 heterocycles. The van der Waals surface area contributed by atoms with E-state index in [4.69, 9.17) is 9.47 Å². The number of hydrogen-bond acceptors (Lipinski definition) is 7. The topological polar surface area (TPSA) is 72.4 Å². The normalized spacial score (nSPS) is 19.9. The Kier molecular flexibility index (Phi) is 4.06. The molecule has 0 radical (unpaired) electrons. The Hall–Kier alpha value is -2.57. The van der Waals surface area contributed by atoms with Crippen molar-refractivity contribution in [1.82, 2.24) is 15.2 Å². The van der Waals surface area contributed by atoms with Gasteiger partial charge in [0.1, 0.15) is 13.2 Å². The van der Waals surface area contributed by atoms with Crippen LogP contribution in [0.25, 0.3) is 0 Å². The highest BCUT2D eigenvalue weighted by Gasteiger charge is 2.18. The average Bonchev–Trinajstić information content (AvgIpc) is 2.62. The average molecular weight is 327 g/mol. The molecule has 7 heteroatoms. The second kappa shape index (κ2) is 6.51. The molecule has 0 saturated carbocycles. The van der Waals surface area contributed by atoms with Crippen LogP contribution in [-0.2, 0) is 0 Å². The van der Waals surface area contributed by atoms with Crippen molar-refractivity contribution in [2.24, 2.45) is 5.92 Å². The Morgan fingerprint density at radius 3 is 2.96 bits per heavy atom. The van der Waals surface area contributed by atoms with Crippen molar-refractivity contribution >= 4 is 17.5 Å². The molecule has 1 saturated heterocycles. The zero-order valence-corrected chi connectivity index (χ0v) is 13.7. The van der Waals surface area contributed by atoms with Crippen LogP contribution in [0, 0.1) is 5.92 Å². The molecule has 2 aromatic rings. The molecule has 2 aliphatic rings. The third-order valence-electron chi connectivity index (χ3n) is 4.33. The van der Waals surface area contributed by atoms with Gasteiger partial charge in [0.05, 0.1) is 6.20 Å². The van der Waals surface area contributed by atoms with Gasteiger partial charge in [-0.25, -0.2) is 0 Å². The van der Waals surface area contributed by atoms with E-state index in [1.54, 1.807) is 6.20 Å². The Labute approximate surface area is 141 Å². The molecule has 1 aromatic carbocycles. The van der Waals surface area contributed by atoms with E-state index < -0.39 is 0 Å². The molecule has 126 valence electrons. The molecule has 1 unspecified atom stereocenters. The number of piperidine rings is 1. The molecule has 0 amide bonds. The van der Waals surface area contributed by atoms with E-state index >= 15 is 0 Å². The number of aromatic nitrogens is 3. The number of benzene rings is 1. The first kappa shape index (κ1) is 15.0. The minimum Gasteiger partial charge on any atom is -0.486 e. The minimum atomic E-state index is 0.488. The standard InChI is InChI=1S/C17H21N5O2/c1-12-3-2-6-22(11-12)16-10-18-21-17(20-16)19-13-4-5-14-15(9-13)24-8-7-23-14/h4-5,9-10,12H,2-3,6-8,11H2,1H3,(H,19,20,21). The van der Waals surface area contributed by atoms with E-state index in [1.165, 1.54) is 12.8 Å². The highest BCUT2D eigenvalue weighted by Crippen LogP contribution is 2.33. The smallest absolute Gasteiger partial charge is 0.249 e. The van der Waals surface area contributed by atoms with Crippen molar-refractivity contribution in [3.63, 3.8) is 0 Å². The van der Waals surface area contributed by atoms with Gasteiger partial charge >= 0.3 is 0 Å². The molecule has 0 aliphatic carbocycles. The summed E-state index contributed by atoms with van der Waals surface area (Å²) in [4.78, 5) is 6.88. The van der Waals surface area contributed by atoms with Gasteiger partial charge < -0.3 is 19.7 Å². The molecule has 2 aliphatic heterocycles. The second-order valence-corrected chi connectivity index (χ2v) is 6.32. The fourth-order valence-electron chi connectivity index (χ4n) is 3.15. The fourth-order valence-corrected chi connectivity index (χ4v) is 3.15.